The molecule has 0 spiro atoms. The SMILES string of the molecule is CC(C)c1ocnc1C(=O)NC1CCCN(C(=O)c2ccco2)C1. The molecule has 2 aromatic heterocycles. The Hall–Kier alpha value is -2.57. The molecular formula is C17H21N3O4. The number of rotatable bonds is 4. The van der Waals surface area contributed by atoms with Crippen LogP contribution in [0.2, 0.25) is 0 Å². The van der Waals surface area contributed by atoms with Gasteiger partial charge in [0.25, 0.3) is 11.8 Å². The zero-order valence-corrected chi connectivity index (χ0v) is 13.8. The summed E-state index contributed by atoms with van der Waals surface area (Å²) in [5.74, 6) is 0.567. The second-order valence-electron chi connectivity index (χ2n) is 6.26. The number of aromatic nitrogens is 1. The van der Waals surface area contributed by atoms with E-state index in [0.29, 0.717) is 30.3 Å². The van der Waals surface area contributed by atoms with E-state index in [2.05, 4.69) is 10.3 Å². The van der Waals surface area contributed by atoms with E-state index in [4.69, 9.17) is 8.83 Å². The number of nitrogens with zero attached hydrogens (tertiary/aromatic N) is 2. The summed E-state index contributed by atoms with van der Waals surface area (Å²) in [5, 5.41) is 2.96. The highest BCUT2D eigenvalue weighted by Gasteiger charge is 2.28. The second-order valence-corrected chi connectivity index (χ2v) is 6.26. The fourth-order valence-electron chi connectivity index (χ4n) is 2.92. The number of piperidine rings is 1. The molecule has 7 heteroatoms. The number of likely N-dealkylation sites (tertiary alicyclic amines) is 1. The van der Waals surface area contributed by atoms with Crippen LogP contribution in [0, 0.1) is 0 Å². The average molecular weight is 331 g/mol. The number of carbonyl (C=O) groups excluding carboxylic acids is 2. The van der Waals surface area contributed by atoms with Crippen molar-refractivity contribution in [1.29, 1.82) is 0 Å². The van der Waals surface area contributed by atoms with Gasteiger partial charge in [-0.05, 0) is 25.0 Å². The van der Waals surface area contributed by atoms with Crippen molar-refractivity contribution in [3.05, 3.63) is 42.0 Å². The minimum atomic E-state index is -0.259. The van der Waals surface area contributed by atoms with E-state index >= 15 is 0 Å². The fourth-order valence-corrected chi connectivity index (χ4v) is 2.92. The molecule has 1 fully saturated rings. The number of amides is 2. The second kappa shape index (κ2) is 6.90. The lowest BCUT2D eigenvalue weighted by molar-refractivity contribution is 0.0646. The van der Waals surface area contributed by atoms with Crippen LogP contribution >= 0.6 is 0 Å². The van der Waals surface area contributed by atoms with Crippen LogP contribution in [0.5, 0.6) is 0 Å². The Labute approximate surface area is 140 Å². The third kappa shape index (κ3) is 3.34. The quantitative estimate of drug-likeness (QED) is 0.929. The van der Waals surface area contributed by atoms with Gasteiger partial charge in [-0.2, -0.15) is 0 Å². The molecule has 1 unspecified atom stereocenters. The minimum absolute atomic E-state index is 0.0802. The highest BCUT2D eigenvalue weighted by Crippen LogP contribution is 2.19. The van der Waals surface area contributed by atoms with Crippen LogP contribution in [0.25, 0.3) is 0 Å². The van der Waals surface area contributed by atoms with Crippen molar-refractivity contribution < 1.29 is 18.4 Å². The predicted octanol–water partition coefficient (Wildman–Crippen LogP) is 2.43. The first-order valence-electron chi connectivity index (χ1n) is 8.13. The largest absolute Gasteiger partial charge is 0.459 e. The van der Waals surface area contributed by atoms with E-state index in [9.17, 15) is 9.59 Å². The number of furan rings is 1. The van der Waals surface area contributed by atoms with E-state index in [1.807, 2.05) is 13.8 Å². The molecule has 7 nitrogen and oxygen atoms in total. The van der Waals surface area contributed by atoms with E-state index in [1.165, 1.54) is 12.7 Å². The Balaban J connectivity index is 1.64. The lowest BCUT2D eigenvalue weighted by atomic mass is 10.0. The van der Waals surface area contributed by atoms with E-state index in [0.717, 1.165) is 12.8 Å². The molecule has 0 aliphatic carbocycles. The van der Waals surface area contributed by atoms with Crippen molar-refractivity contribution in [2.24, 2.45) is 0 Å². The molecule has 1 N–H and O–H groups in total. The monoisotopic (exact) mass is 331 g/mol. The summed E-state index contributed by atoms with van der Waals surface area (Å²) in [6.07, 6.45) is 4.42. The van der Waals surface area contributed by atoms with Crippen LogP contribution < -0.4 is 5.32 Å². The molecule has 0 saturated carbocycles. The number of hydrogen-bond acceptors (Lipinski definition) is 5. The summed E-state index contributed by atoms with van der Waals surface area (Å²) in [6, 6.07) is 3.23. The zero-order valence-electron chi connectivity index (χ0n) is 13.8. The standard InChI is InChI=1S/C17H21N3O4/c1-11(2)15-14(18-10-24-15)16(21)19-12-5-3-7-20(9-12)17(22)13-6-4-8-23-13/h4,6,8,10-12H,3,5,7,9H2,1-2H3,(H,19,21). The van der Waals surface area contributed by atoms with Crippen molar-refractivity contribution >= 4 is 11.8 Å². The maximum atomic E-state index is 12.4. The molecule has 24 heavy (non-hydrogen) atoms. The lowest BCUT2D eigenvalue weighted by Gasteiger charge is -2.32. The fraction of sp³-hybridized carbons (Fsp3) is 0.471. The van der Waals surface area contributed by atoms with Crippen molar-refractivity contribution in [3.63, 3.8) is 0 Å². The summed E-state index contributed by atoms with van der Waals surface area (Å²) >= 11 is 0. The first-order valence-corrected chi connectivity index (χ1v) is 8.13. The van der Waals surface area contributed by atoms with Gasteiger partial charge in [-0.15, -0.1) is 0 Å². The van der Waals surface area contributed by atoms with Crippen LogP contribution in [0.15, 0.2) is 33.6 Å². The summed E-state index contributed by atoms with van der Waals surface area (Å²) in [6.45, 7) is 5.01. The zero-order chi connectivity index (χ0) is 17.1. The van der Waals surface area contributed by atoms with E-state index < -0.39 is 0 Å². The first-order chi connectivity index (χ1) is 11.6. The van der Waals surface area contributed by atoms with Gasteiger partial charge in [0.2, 0.25) is 0 Å². The van der Waals surface area contributed by atoms with Gasteiger partial charge >= 0.3 is 0 Å². The molecule has 1 aliphatic rings. The van der Waals surface area contributed by atoms with Crippen LogP contribution in [0.1, 0.15) is 59.4 Å². The maximum absolute atomic E-state index is 12.4. The van der Waals surface area contributed by atoms with Crippen molar-refractivity contribution in [3.8, 4) is 0 Å². The van der Waals surface area contributed by atoms with Crippen molar-refractivity contribution in [2.45, 2.75) is 38.6 Å². The number of hydrogen-bond donors (Lipinski definition) is 1. The van der Waals surface area contributed by atoms with Gasteiger partial charge in [-0.25, -0.2) is 4.98 Å². The number of carbonyl (C=O) groups is 2. The number of nitrogens with one attached hydrogen (secondary N) is 1. The van der Waals surface area contributed by atoms with E-state index in [-0.39, 0.29) is 23.8 Å². The molecule has 3 rings (SSSR count). The summed E-state index contributed by atoms with van der Waals surface area (Å²) in [5.41, 5.74) is 0.319. The summed E-state index contributed by atoms with van der Waals surface area (Å²) in [4.78, 5) is 30.5. The van der Waals surface area contributed by atoms with Gasteiger partial charge < -0.3 is 19.1 Å². The maximum Gasteiger partial charge on any atom is 0.289 e. The van der Waals surface area contributed by atoms with Crippen LogP contribution in [0.3, 0.4) is 0 Å². The summed E-state index contributed by atoms with van der Waals surface area (Å²) < 4.78 is 10.5. The number of oxazole rings is 1. The van der Waals surface area contributed by atoms with Gasteiger partial charge in [-0.1, -0.05) is 13.8 Å². The molecule has 1 saturated heterocycles. The normalized spacial score (nSPS) is 18.0. The Bertz CT molecular complexity index is 705. The topological polar surface area (TPSA) is 88.6 Å². The highest BCUT2D eigenvalue weighted by molar-refractivity contribution is 5.94. The van der Waals surface area contributed by atoms with Gasteiger partial charge in [0.05, 0.1) is 6.26 Å². The molecule has 1 aliphatic heterocycles. The Morgan fingerprint density at radius 1 is 1.38 bits per heavy atom. The van der Waals surface area contributed by atoms with Gasteiger partial charge in [-0.3, -0.25) is 9.59 Å². The first kappa shape index (κ1) is 16.3. The van der Waals surface area contributed by atoms with Gasteiger partial charge in [0.1, 0.15) is 5.76 Å². The van der Waals surface area contributed by atoms with Crippen molar-refractivity contribution in [2.75, 3.05) is 13.1 Å². The van der Waals surface area contributed by atoms with Crippen molar-refractivity contribution in [1.82, 2.24) is 15.2 Å². The molecule has 128 valence electrons. The molecule has 1 atom stereocenters. The third-order valence-electron chi connectivity index (χ3n) is 4.11. The highest BCUT2D eigenvalue weighted by atomic mass is 16.3. The van der Waals surface area contributed by atoms with Gasteiger partial charge in [0, 0.05) is 25.0 Å². The molecular weight excluding hydrogens is 310 g/mol. The Morgan fingerprint density at radius 3 is 2.92 bits per heavy atom. The average Bonchev–Trinajstić information content (AvgIpc) is 3.25. The Kier molecular flexibility index (Phi) is 4.69. The molecule has 3 heterocycles. The molecule has 0 radical (unpaired) electrons. The minimum Gasteiger partial charge on any atom is -0.459 e. The van der Waals surface area contributed by atoms with Crippen LogP contribution in [0.4, 0.5) is 0 Å². The Morgan fingerprint density at radius 2 is 2.21 bits per heavy atom. The smallest absolute Gasteiger partial charge is 0.289 e. The molecule has 0 aromatic carbocycles. The van der Waals surface area contributed by atoms with Crippen LogP contribution in [-0.4, -0.2) is 40.8 Å². The molecule has 2 aromatic rings. The van der Waals surface area contributed by atoms with E-state index in [1.54, 1.807) is 17.0 Å². The predicted molar refractivity (Wildman–Crippen MR) is 85.7 cm³/mol. The summed E-state index contributed by atoms with van der Waals surface area (Å²) in [7, 11) is 0. The lowest BCUT2D eigenvalue weighted by Crippen LogP contribution is -2.49. The van der Waals surface area contributed by atoms with Gasteiger partial charge in [0.15, 0.2) is 17.8 Å². The van der Waals surface area contributed by atoms with Crippen LogP contribution in [-0.2, 0) is 0 Å². The molecule has 0 bridgehead atoms. The third-order valence-corrected chi connectivity index (χ3v) is 4.11. The molecule has 2 amide bonds.